The van der Waals surface area contributed by atoms with Crippen LogP contribution in [0, 0.1) is 0 Å². The molecule has 1 heterocycles. The van der Waals surface area contributed by atoms with Gasteiger partial charge in [0.1, 0.15) is 0 Å². The molecule has 0 aromatic carbocycles. The third-order valence-electron chi connectivity index (χ3n) is 4.25. The van der Waals surface area contributed by atoms with E-state index in [9.17, 15) is 9.59 Å². The van der Waals surface area contributed by atoms with E-state index in [-0.39, 0.29) is 24.3 Å². The maximum absolute atomic E-state index is 12.0. The second kappa shape index (κ2) is 6.89. The van der Waals surface area contributed by atoms with Gasteiger partial charge in [-0.25, -0.2) is 0 Å². The van der Waals surface area contributed by atoms with Crippen LogP contribution in [0.15, 0.2) is 0 Å². The van der Waals surface area contributed by atoms with Crippen molar-refractivity contribution in [2.75, 3.05) is 20.2 Å². The number of carbonyl (C=O) groups excluding carboxylic acids is 2. The van der Waals surface area contributed by atoms with Crippen LogP contribution >= 0.6 is 0 Å². The third kappa shape index (κ3) is 3.69. The predicted molar refractivity (Wildman–Crippen MR) is 71.6 cm³/mol. The van der Waals surface area contributed by atoms with E-state index in [1.165, 1.54) is 32.8 Å². The minimum Gasteiger partial charge on any atom is -0.469 e. The summed E-state index contributed by atoms with van der Waals surface area (Å²) in [6.07, 6.45) is 7.49. The summed E-state index contributed by atoms with van der Waals surface area (Å²) in [5.74, 6) is -0.332. The van der Waals surface area contributed by atoms with Gasteiger partial charge < -0.3 is 10.1 Å². The topological polar surface area (TPSA) is 58.6 Å². The molecule has 5 heteroatoms. The number of carbonyl (C=O) groups is 2. The van der Waals surface area contributed by atoms with Crippen molar-refractivity contribution in [3.63, 3.8) is 0 Å². The minimum atomic E-state index is -0.343. The third-order valence-corrected chi connectivity index (χ3v) is 4.25. The van der Waals surface area contributed by atoms with Crippen molar-refractivity contribution in [2.24, 2.45) is 0 Å². The van der Waals surface area contributed by atoms with E-state index >= 15 is 0 Å². The molecule has 1 amide bonds. The van der Waals surface area contributed by atoms with Crippen molar-refractivity contribution in [3.05, 3.63) is 0 Å². The van der Waals surface area contributed by atoms with Gasteiger partial charge in [-0.15, -0.1) is 0 Å². The maximum atomic E-state index is 12.0. The molecule has 1 unspecified atom stereocenters. The van der Waals surface area contributed by atoms with Crippen molar-refractivity contribution in [3.8, 4) is 0 Å². The first-order valence-corrected chi connectivity index (χ1v) is 7.32. The molecule has 0 aromatic rings. The summed E-state index contributed by atoms with van der Waals surface area (Å²) in [6.45, 7) is 1.53. The predicted octanol–water partition coefficient (Wildman–Crippen LogP) is 1.07. The Morgan fingerprint density at radius 2 is 2.00 bits per heavy atom. The highest BCUT2D eigenvalue weighted by atomic mass is 16.5. The van der Waals surface area contributed by atoms with Crippen LogP contribution in [0.5, 0.6) is 0 Å². The molecule has 2 fully saturated rings. The standard InChI is InChI=1S/C14H24N2O3/c1-19-13(17)10-12-14(18)15-8-9-16(12)11-6-4-2-3-5-7-11/h11-12H,2-10H2,1H3,(H,15,18). The zero-order chi connectivity index (χ0) is 13.7. The Balaban J connectivity index is 2.05. The summed E-state index contributed by atoms with van der Waals surface area (Å²) >= 11 is 0. The number of methoxy groups -OCH3 is 1. The van der Waals surface area contributed by atoms with Gasteiger partial charge in [0.2, 0.25) is 5.91 Å². The fourth-order valence-electron chi connectivity index (χ4n) is 3.21. The molecule has 0 spiro atoms. The molecule has 1 N–H and O–H groups in total. The first-order chi connectivity index (χ1) is 9.22. The Morgan fingerprint density at radius 3 is 2.63 bits per heavy atom. The van der Waals surface area contributed by atoms with Crippen LogP contribution in [0.1, 0.15) is 44.9 Å². The summed E-state index contributed by atoms with van der Waals surface area (Å²) in [6, 6.07) is 0.104. The lowest BCUT2D eigenvalue weighted by molar-refractivity contribution is -0.146. The van der Waals surface area contributed by atoms with Crippen LogP contribution in [0.3, 0.4) is 0 Å². The zero-order valence-corrected chi connectivity index (χ0v) is 11.7. The van der Waals surface area contributed by atoms with E-state index in [1.54, 1.807) is 0 Å². The smallest absolute Gasteiger partial charge is 0.307 e. The number of hydrogen-bond donors (Lipinski definition) is 1. The summed E-state index contributed by atoms with van der Waals surface area (Å²) in [7, 11) is 1.37. The number of esters is 1. The lowest BCUT2D eigenvalue weighted by Gasteiger charge is -2.40. The number of nitrogens with zero attached hydrogens (tertiary/aromatic N) is 1. The molecule has 108 valence electrons. The molecule has 19 heavy (non-hydrogen) atoms. The number of rotatable bonds is 3. The minimum absolute atomic E-state index is 0.0269. The van der Waals surface area contributed by atoms with E-state index in [0.29, 0.717) is 12.6 Å². The quantitative estimate of drug-likeness (QED) is 0.614. The molecular formula is C14H24N2O3. The summed E-state index contributed by atoms with van der Waals surface area (Å²) in [4.78, 5) is 25.8. The van der Waals surface area contributed by atoms with Gasteiger partial charge in [-0.3, -0.25) is 14.5 Å². The van der Waals surface area contributed by atoms with Gasteiger partial charge in [0.15, 0.2) is 0 Å². The number of nitrogens with one attached hydrogen (secondary N) is 1. The molecule has 1 atom stereocenters. The zero-order valence-electron chi connectivity index (χ0n) is 11.7. The average Bonchev–Trinajstić information content (AvgIpc) is 2.69. The Kier molecular flexibility index (Phi) is 5.19. The molecule has 0 bridgehead atoms. The average molecular weight is 268 g/mol. The number of amides is 1. The van der Waals surface area contributed by atoms with E-state index < -0.39 is 0 Å². The van der Waals surface area contributed by atoms with E-state index in [1.807, 2.05) is 0 Å². The van der Waals surface area contributed by atoms with E-state index in [2.05, 4.69) is 10.2 Å². The molecule has 2 aliphatic rings. The molecular weight excluding hydrogens is 244 g/mol. The van der Waals surface area contributed by atoms with Crippen molar-refractivity contribution in [2.45, 2.75) is 57.0 Å². The van der Waals surface area contributed by atoms with E-state index in [0.717, 1.165) is 19.4 Å². The van der Waals surface area contributed by atoms with Gasteiger partial charge in [-0.1, -0.05) is 25.7 Å². The normalized spacial score (nSPS) is 26.6. The summed E-state index contributed by atoms with van der Waals surface area (Å²) in [5.41, 5.74) is 0. The Morgan fingerprint density at radius 1 is 1.32 bits per heavy atom. The first-order valence-electron chi connectivity index (χ1n) is 7.32. The second-order valence-corrected chi connectivity index (χ2v) is 5.47. The van der Waals surface area contributed by atoms with Gasteiger partial charge in [0.25, 0.3) is 0 Å². The summed E-state index contributed by atoms with van der Waals surface area (Å²) in [5, 5.41) is 2.86. The number of ether oxygens (including phenoxy) is 1. The van der Waals surface area contributed by atoms with Gasteiger partial charge in [-0.05, 0) is 12.8 Å². The molecule has 1 saturated heterocycles. The Bertz CT molecular complexity index is 325. The van der Waals surface area contributed by atoms with Crippen molar-refractivity contribution < 1.29 is 14.3 Å². The van der Waals surface area contributed by atoms with Crippen LogP contribution < -0.4 is 5.32 Å². The van der Waals surface area contributed by atoms with Crippen LogP contribution in [0.25, 0.3) is 0 Å². The van der Waals surface area contributed by atoms with Crippen molar-refractivity contribution >= 4 is 11.9 Å². The first kappa shape index (κ1) is 14.3. The molecule has 2 rings (SSSR count). The van der Waals surface area contributed by atoms with Gasteiger partial charge in [-0.2, -0.15) is 0 Å². The molecule has 1 aliphatic heterocycles. The van der Waals surface area contributed by atoms with Gasteiger partial charge >= 0.3 is 5.97 Å². The molecule has 5 nitrogen and oxygen atoms in total. The highest BCUT2D eigenvalue weighted by Crippen LogP contribution is 2.25. The number of hydrogen-bond acceptors (Lipinski definition) is 4. The van der Waals surface area contributed by atoms with Crippen LogP contribution in [0.2, 0.25) is 0 Å². The number of piperazine rings is 1. The fraction of sp³-hybridized carbons (Fsp3) is 0.857. The maximum Gasteiger partial charge on any atom is 0.307 e. The molecule has 1 aliphatic carbocycles. The largest absolute Gasteiger partial charge is 0.469 e. The highest BCUT2D eigenvalue weighted by molar-refractivity contribution is 5.87. The Hall–Kier alpha value is -1.10. The van der Waals surface area contributed by atoms with E-state index in [4.69, 9.17) is 4.74 Å². The van der Waals surface area contributed by atoms with Crippen LogP contribution in [-0.4, -0.2) is 49.1 Å². The van der Waals surface area contributed by atoms with Gasteiger partial charge in [0.05, 0.1) is 19.6 Å². The van der Waals surface area contributed by atoms with Crippen LogP contribution in [-0.2, 0) is 14.3 Å². The van der Waals surface area contributed by atoms with Crippen LogP contribution in [0.4, 0.5) is 0 Å². The molecule has 0 aromatic heterocycles. The SMILES string of the molecule is COC(=O)CC1C(=O)NCCN1C1CCCCCC1. The fourth-order valence-corrected chi connectivity index (χ4v) is 3.21. The second-order valence-electron chi connectivity index (χ2n) is 5.47. The van der Waals surface area contributed by atoms with Gasteiger partial charge in [0, 0.05) is 19.1 Å². The van der Waals surface area contributed by atoms with Crippen molar-refractivity contribution in [1.82, 2.24) is 10.2 Å². The monoisotopic (exact) mass is 268 g/mol. The lowest BCUT2D eigenvalue weighted by atomic mass is 10.0. The van der Waals surface area contributed by atoms with Crippen molar-refractivity contribution in [1.29, 1.82) is 0 Å². The summed E-state index contributed by atoms with van der Waals surface area (Å²) < 4.78 is 4.72. The highest BCUT2D eigenvalue weighted by Gasteiger charge is 2.35. The Labute approximate surface area is 114 Å². The lowest BCUT2D eigenvalue weighted by Crippen LogP contribution is -2.59. The molecule has 1 saturated carbocycles. The molecule has 0 radical (unpaired) electrons.